The number of anilines is 1. The number of benzene rings is 1. The van der Waals surface area contributed by atoms with Crippen molar-refractivity contribution in [3.05, 3.63) is 48.4 Å². The smallest absolute Gasteiger partial charge is 0.269 e. The highest BCUT2D eigenvalue weighted by molar-refractivity contribution is 7.90. The van der Waals surface area contributed by atoms with Crippen LogP contribution in [-0.2, 0) is 14.8 Å². The molecule has 2 aromatic heterocycles. The van der Waals surface area contributed by atoms with E-state index in [0.717, 1.165) is 24.9 Å². The average molecular weight is 448 g/mol. The first-order valence-corrected chi connectivity index (χ1v) is 11.6. The Kier molecular flexibility index (Phi) is 5.66. The Morgan fingerprint density at radius 3 is 2.73 bits per heavy atom. The predicted octanol–water partition coefficient (Wildman–Crippen LogP) is 2.30. The van der Waals surface area contributed by atoms with Crippen LogP contribution in [0, 0.1) is 6.92 Å². The highest BCUT2D eigenvalue weighted by Gasteiger charge is 2.26. The number of nitrogens with one attached hydrogen (secondary N) is 1. The van der Waals surface area contributed by atoms with Gasteiger partial charge in [0.25, 0.3) is 10.0 Å². The van der Waals surface area contributed by atoms with Gasteiger partial charge in [-0.2, -0.15) is 0 Å². The van der Waals surface area contributed by atoms with E-state index >= 15 is 0 Å². The van der Waals surface area contributed by atoms with Crippen molar-refractivity contribution in [2.45, 2.75) is 30.7 Å². The van der Waals surface area contributed by atoms with Crippen LogP contribution in [-0.4, -0.2) is 53.3 Å². The summed E-state index contributed by atoms with van der Waals surface area (Å²) in [4.78, 5) is 22.6. The number of rotatable bonds is 5. The number of carbonyl (C=O) groups is 1. The summed E-state index contributed by atoms with van der Waals surface area (Å²) in [5.74, 6) is 0.378. The van der Waals surface area contributed by atoms with Gasteiger partial charge in [-0.25, -0.2) is 22.4 Å². The zero-order chi connectivity index (χ0) is 21.3. The number of hydrogen-bond donors (Lipinski definition) is 1. The number of alkyl halides is 1. The summed E-state index contributed by atoms with van der Waals surface area (Å²) >= 11 is 5.60. The van der Waals surface area contributed by atoms with Gasteiger partial charge in [0.05, 0.1) is 10.3 Å². The zero-order valence-electron chi connectivity index (χ0n) is 16.5. The Bertz CT molecular complexity index is 1180. The fraction of sp³-hybridized carbons (Fsp3) is 0.350. The second-order valence-corrected chi connectivity index (χ2v) is 9.43. The van der Waals surface area contributed by atoms with E-state index in [1.165, 1.54) is 16.5 Å². The van der Waals surface area contributed by atoms with Gasteiger partial charge < -0.3 is 10.2 Å². The molecule has 0 spiro atoms. The molecule has 3 aromatic rings. The van der Waals surface area contributed by atoms with Crippen LogP contribution < -0.4 is 10.2 Å². The number of carbonyl (C=O) groups excluding carboxylic acids is 1. The molecule has 30 heavy (non-hydrogen) atoms. The number of piperidine rings is 1. The second-order valence-electron chi connectivity index (χ2n) is 7.35. The van der Waals surface area contributed by atoms with Gasteiger partial charge in [0, 0.05) is 25.3 Å². The molecule has 8 nitrogen and oxygen atoms in total. The fourth-order valence-corrected chi connectivity index (χ4v) is 5.12. The van der Waals surface area contributed by atoms with Gasteiger partial charge in [-0.3, -0.25) is 4.79 Å². The topological polar surface area (TPSA) is 97.2 Å². The summed E-state index contributed by atoms with van der Waals surface area (Å²) in [6, 6.07) is 8.40. The van der Waals surface area contributed by atoms with Crippen molar-refractivity contribution in [2.75, 3.05) is 23.9 Å². The maximum absolute atomic E-state index is 13.1. The van der Waals surface area contributed by atoms with Crippen molar-refractivity contribution in [1.82, 2.24) is 19.3 Å². The molecule has 1 saturated heterocycles. The largest absolute Gasteiger partial charge is 0.354 e. The van der Waals surface area contributed by atoms with Crippen LogP contribution in [0.2, 0.25) is 0 Å². The lowest BCUT2D eigenvalue weighted by molar-refractivity contribution is -0.119. The summed E-state index contributed by atoms with van der Waals surface area (Å²) < 4.78 is 27.5. The number of aromatic nitrogens is 3. The molecule has 1 aliphatic heterocycles. The maximum atomic E-state index is 13.1. The summed E-state index contributed by atoms with van der Waals surface area (Å²) in [5, 5.41) is 3.57. The van der Waals surface area contributed by atoms with Crippen molar-refractivity contribution in [1.29, 1.82) is 0 Å². The molecular weight excluding hydrogens is 426 g/mol. The van der Waals surface area contributed by atoms with Gasteiger partial charge in [-0.1, -0.05) is 17.7 Å². The Labute approximate surface area is 179 Å². The third-order valence-electron chi connectivity index (χ3n) is 5.21. The zero-order valence-corrected chi connectivity index (χ0v) is 18.0. The predicted molar refractivity (Wildman–Crippen MR) is 115 cm³/mol. The minimum atomic E-state index is -3.78. The first-order valence-electron chi connectivity index (χ1n) is 9.64. The number of nitrogens with zero attached hydrogens (tertiary/aromatic N) is 4. The molecule has 1 aliphatic rings. The number of amides is 1. The molecule has 4 rings (SSSR count). The number of aryl methyl sites for hydroxylation is 1. The molecule has 0 bridgehead atoms. The molecule has 1 atom stereocenters. The lowest BCUT2D eigenvalue weighted by Crippen LogP contribution is -2.48. The summed E-state index contributed by atoms with van der Waals surface area (Å²) in [7, 11) is -3.78. The molecule has 158 valence electrons. The monoisotopic (exact) mass is 447 g/mol. The van der Waals surface area contributed by atoms with E-state index in [9.17, 15) is 13.2 Å². The van der Waals surface area contributed by atoms with Crippen LogP contribution in [0.3, 0.4) is 0 Å². The van der Waals surface area contributed by atoms with E-state index in [2.05, 4.69) is 20.2 Å². The molecule has 0 radical (unpaired) electrons. The van der Waals surface area contributed by atoms with Crippen LogP contribution in [0.15, 0.2) is 47.8 Å². The third-order valence-corrected chi connectivity index (χ3v) is 7.14. The van der Waals surface area contributed by atoms with E-state index in [4.69, 9.17) is 11.6 Å². The number of fused-ring (bicyclic) bond motifs is 1. The van der Waals surface area contributed by atoms with Gasteiger partial charge >= 0.3 is 0 Å². The Balaban J connectivity index is 1.69. The molecular formula is C20H22ClN5O3S. The van der Waals surface area contributed by atoms with Crippen molar-refractivity contribution < 1.29 is 13.2 Å². The maximum Gasteiger partial charge on any atom is 0.269 e. The quantitative estimate of drug-likeness (QED) is 0.603. The number of halogens is 1. The first kappa shape index (κ1) is 20.6. The van der Waals surface area contributed by atoms with Gasteiger partial charge in [0.2, 0.25) is 5.91 Å². The Morgan fingerprint density at radius 1 is 1.23 bits per heavy atom. The summed E-state index contributed by atoms with van der Waals surface area (Å²) in [5.41, 5.74) is 1.31. The molecule has 1 fully saturated rings. The SMILES string of the molecule is Cc1ccc(S(=O)(=O)n2ccc3c(N4CCC[C@H](NC(=O)CCl)C4)ncnc32)cc1. The van der Waals surface area contributed by atoms with E-state index in [-0.39, 0.29) is 22.7 Å². The lowest BCUT2D eigenvalue weighted by Gasteiger charge is -2.34. The van der Waals surface area contributed by atoms with Crippen molar-refractivity contribution in [3.8, 4) is 0 Å². The van der Waals surface area contributed by atoms with Crippen LogP contribution >= 0.6 is 11.6 Å². The first-order chi connectivity index (χ1) is 14.4. The second kappa shape index (κ2) is 8.23. The van der Waals surface area contributed by atoms with Crippen molar-refractivity contribution in [2.24, 2.45) is 0 Å². The third kappa shape index (κ3) is 3.87. The van der Waals surface area contributed by atoms with E-state index in [0.29, 0.717) is 23.4 Å². The molecule has 1 amide bonds. The van der Waals surface area contributed by atoms with Crippen molar-refractivity contribution >= 4 is 44.4 Å². The van der Waals surface area contributed by atoms with Gasteiger partial charge in [-0.05, 0) is 38.0 Å². The average Bonchev–Trinajstić information content (AvgIpc) is 3.19. The minimum Gasteiger partial charge on any atom is -0.354 e. The van der Waals surface area contributed by atoms with E-state index in [1.807, 2.05) is 6.92 Å². The number of hydrogen-bond acceptors (Lipinski definition) is 6. The standard InChI is InChI=1S/C20H22ClN5O3S/c1-14-4-6-16(7-5-14)30(28,29)26-10-8-17-19(22-13-23-20(17)26)25-9-2-3-15(12-25)24-18(27)11-21/h4-8,10,13,15H,2-3,9,11-12H2,1H3,(H,24,27)/t15-/m0/s1. The molecule has 0 saturated carbocycles. The van der Waals surface area contributed by atoms with Crippen LogP contribution in [0.4, 0.5) is 5.82 Å². The normalized spacial score (nSPS) is 17.3. The van der Waals surface area contributed by atoms with E-state index in [1.54, 1.807) is 30.3 Å². The highest BCUT2D eigenvalue weighted by atomic mass is 35.5. The Morgan fingerprint density at radius 2 is 2.00 bits per heavy atom. The molecule has 0 unspecified atom stereocenters. The van der Waals surface area contributed by atoms with Gasteiger partial charge in [0.1, 0.15) is 18.0 Å². The van der Waals surface area contributed by atoms with Crippen LogP contribution in [0.5, 0.6) is 0 Å². The van der Waals surface area contributed by atoms with Gasteiger partial charge in [-0.15, -0.1) is 11.6 Å². The Hall–Kier alpha value is -2.65. The molecule has 3 heterocycles. The van der Waals surface area contributed by atoms with Crippen molar-refractivity contribution in [3.63, 3.8) is 0 Å². The van der Waals surface area contributed by atoms with Crippen LogP contribution in [0.1, 0.15) is 18.4 Å². The molecule has 1 aromatic carbocycles. The minimum absolute atomic E-state index is 0.0339. The van der Waals surface area contributed by atoms with Crippen LogP contribution in [0.25, 0.3) is 11.0 Å². The summed E-state index contributed by atoms with van der Waals surface area (Å²) in [6.45, 7) is 3.24. The fourth-order valence-electron chi connectivity index (χ4n) is 3.74. The van der Waals surface area contributed by atoms with Gasteiger partial charge in [0.15, 0.2) is 5.65 Å². The highest BCUT2D eigenvalue weighted by Crippen LogP contribution is 2.28. The lowest BCUT2D eigenvalue weighted by atomic mass is 10.1. The molecule has 10 heteroatoms. The molecule has 1 N–H and O–H groups in total. The summed E-state index contributed by atoms with van der Waals surface area (Å²) in [6.07, 6.45) is 4.62. The van der Waals surface area contributed by atoms with E-state index < -0.39 is 10.0 Å². The molecule has 0 aliphatic carbocycles.